The highest BCUT2D eigenvalue weighted by Gasteiger charge is 2.21. The summed E-state index contributed by atoms with van der Waals surface area (Å²) >= 11 is 0. The maximum atomic E-state index is 6.09. The molecule has 3 rings (SSSR count). The van der Waals surface area contributed by atoms with Gasteiger partial charge in [0.1, 0.15) is 12.1 Å². The largest absolute Gasteiger partial charge is 0.396 e. The van der Waals surface area contributed by atoms with Gasteiger partial charge in [0, 0.05) is 18.0 Å². The van der Waals surface area contributed by atoms with Crippen LogP contribution in [0, 0.1) is 0 Å². The van der Waals surface area contributed by atoms with Crippen molar-refractivity contribution in [2.24, 2.45) is 0 Å². The van der Waals surface area contributed by atoms with Crippen LogP contribution in [0.25, 0.3) is 11.3 Å². The summed E-state index contributed by atoms with van der Waals surface area (Å²) in [7, 11) is 0. The van der Waals surface area contributed by atoms with Gasteiger partial charge in [-0.25, -0.2) is 15.0 Å². The third-order valence-corrected chi connectivity index (χ3v) is 3.77. The second-order valence-electron chi connectivity index (χ2n) is 5.00. The molecule has 1 saturated carbocycles. The Hall–Kier alpha value is -2.17. The highest BCUT2D eigenvalue weighted by atomic mass is 14.9. The Morgan fingerprint density at radius 1 is 1.05 bits per heavy atom. The van der Waals surface area contributed by atoms with Gasteiger partial charge >= 0.3 is 0 Å². The Bertz CT molecular complexity index is 576. The van der Waals surface area contributed by atoms with E-state index in [1.807, 2.05) is 6.07 Å². The predicted molar refractivity (Wildman–Crippen MR) is 75.3 cm³/mol. The molecule has 5 heteroatoms. The van der Waals surface area contributed by atoms with E-state index in [1.54, 1.807) is 12.4 Å². The Kier molecular flexibility index (Phi) is 3.03. The molecule has 0 aliphatic heterocycles. The first kappa shape index (κ1) is 11.9. The normalized spacial score (nSPS) is 15.8. The zero-order valence-electron chi connectivity index (χ0n) is 10.7. The van der Waals surface area contributed by atoms with E-state index in [0.29, 0.717) is 17.4 Å². The molecule has 0 bridgehead atoms. The molecular weight excluding hydrogens is 238 g/mol. The van der Waals surface area contributed by atoms with Gasteiger partial charge in [-0.3, -0.25) is 0 Å². The first-order valence-corrected chi connectivity index (χ1v) is 6.57. The highest BCUT2D eigenvalue weighted by Crippen LogP contribution is 2.39. The molecule has 2 heterocycles. The summed E-state index contributed by atoms with van der Waals surface area (Å²) in [6.45, 7) is 0. The van der Waals surface area contributed by atoms with Crippen LogP contribution in [-0.4, -0.2) is 15.0 Å². The van der Waals surface area contributed by atoms with Crippen molar-refractivity contribution in [3.8, 4) is 11.3 Å². The lowest BCUT2D eigenvalue weighted by Crippen LogP contribution is -2.06. The Morgan fingerprint density at radius 3 is 2.42 bits per heavy atom. The molecule has 1 fully saturated rings. The zero-order valence-corrected chi connectivity index (χ0v) is 10.7. The molecule has 2 aromatic heterocycles. The first-order valence-electron chi connectivity index (χ1n) is 6.57. The lowest BCUT2D eigenvalue weighted by Gasteiger charge is -2.15. The van der Waals surface area contributed by atoms with Crippen LogP contribution in [0.1, 0.15) is 37.2 Å². The number of hydrogen-bond donors (Lipinski definition) is 2. The number of nitrogens with zero attached hydrogens (tertiary/aromatic N) is 3. The third kappa shape index (κ3) is 2.23. The summed E-state index contributed by atoms with van der Waals surface area (Å²) in [4.78, 5) is 12.4. The monoisotopic (exact) mass is 255 g/mol. The summed E-state index contributed by atoms with van der Waals surface area (Å²) in [5.41, 5.74) is 15.5. The first-order chi connectivity index (χ1) is 9.25. The fourth-order valence-corrected chi connectivity index (χ4v) is 2.75. The molecule has 4 N–H and O–H groups in total. The van der Waals surface area contributed by atoms with Gasteiger partial charge in [-0.1, -0.05) is 12.8 Å². The van der Waals surface area contributed by atoms with Crippen LogP contribution in [0.3, 0.4) is 0 Å². The third-order valence-electron chi connectivity index (χ3n) is 3.77. The fourth-order valence-electron chi connectivity index (χ4n) is 2.75. The minimum absolute atomic E-state index is 0.406. The minimum Gasteiger partial charge on any atom is -0.396 e. The summed E-state index contributed by atoms with van der Waals surface area (Å²) < 4.78 is 0. The van der Waals surface area contributed by atoms with E-state index < -0.39 is 0 Å². The summed E-state index contributed by atoms with van der Waals surface area (Å²) in [6.07, 6.45) is 9.86. The van der Waals surface area contributed by atoms with E-state index in [4.69, 9.17) is 11.5 Å². The summed E-state index contributed by atoms with van der Waals surface area (Å²) in [5, 5.41) is 0. The molecule has 2 aromatic rings. The molecule has 19 heavy (non-hydrogen) atoms. The molecule has 0 aromatic carbocycles. The Balaban J connectivity index is 2.07. The van der Waals surface area contributed by atoms with Crippen molar-refractivity contribution >= 4 is 11.5 Å². The second kappa shape index (κ2) is 4.84. The van der Waals surface area contributed by atoms with E-state index >= 15 is 0 Å². The predicted octanol–water partition coefficient (Wildman–Crippen LogP) is 2.36. The molecule has 5 nitrogen and oxygen atoms in total. The van der Waals surface area contributed by atoms with Crippen molar-refractivity contribution in [1.29, 1.82) is 0 Å². The Morgan fingerprint density at radius 2 is 1.74 bits per heavy atom. The molecule has 0 saturated heterocycles. The van der Waals surface area contributed by atoms with Gasteiger partial charge in [0.05, 0.1) is 11.4 Å². The fraction of sp³-hybridized carbons (Fsp3) is 0.357. The lowest BCUT2D eigenvalue weighted by atomic mass is 9.95. The van der Waals surface area contributed by atoms with Gasteiger partial charge in [-0.15, -0.1) is 0 Å². The van der Waals surface area contributed by atoms with E-state index in [0.717, 1.165) is 16.8 Å². The van der Waals surface area contributed by atoms with Crippen molar-refractivity contribution in [1.82, 2.24) is 15.0 Å². The average molecular weight is 255 g/mol. The van der Waals surface area contributed by atoms with Gasteiger partial charge in [0.15, 0.2) is 0 Å². The van der Waals surface area contributed by atoms with Crippen molar-refractivity contribution in [2.45, 2.75) is 31.6 Å². The SMILES string of the molecule is Nc1nc(-c2cncnc2)cc(C2CCCC2)c1N. The smallest absolute Gasteiger partial charge is 0.147 e. The summed E-state index contributed by atoms with van der Waals surface area (Å²) in [5.74, 6) is 0.914. The van der Waals surface area contributed by atoms with Crippen LogP contribution in [0.15, 0.2) is 24.8 Å². The van der Waals surface area contributed by atoms with Crippen molar-refractivity contribution in [3.63, 3.8) is 0 Å². The van der Waals surface area contributed by atoms with E-state index in [2.05, 4.69) is 15.0 Å². The van der Waals surface area contributed by atoms with Crippen LogP contribution in [-0.2, 0) is 0 Å². The number of aromatic nitrogens is 3. The molecule has 1 aliphatic carbocycles. The maximum Gasteiger partial charge on any atom is 0.147 e. The second-order valence-corrected chi connectivity index (χ2v) is 5.00. The van der Waals surface area contributed by atoms with E-state index in [-0.39, 0.29) is 0 Å². The number of nitrogens with two attached hydrogens (primary N) is 2. The topological polar surface area (TPSA) is 90.7 Å². The Labute approximate surface area is 112 Å². The highest BCUT2D eigenvalue weighted by molar-refractivity contribution is 5.71. The number of hydrogen-bond acceptors (Lipinski definition) is 5. The molecule has 0 amide bonds. The van der Waals surface area contributed by atoms with Crippen molar-refractivity contribution in [3.05, 3.63) is 30.4 Å². The van der Waals surface area contributed by atoms with Crippen LogP contribution in [0.5, 0.6) is 0 Å². The van der Waals surface area contributed by atoms with Crippen LogP contribution >= 0.6 is 0 Å². The molecular formula is C14H17N5. The van der Waals surface area contributed by atoms with Gasteiger partial charge in [-0.2, -0.15) is 0 Å². The summed E-state index contributed by atoms with van der Waals surface area (Å²) in [6, 6.07) is 2.04. The number of pyridine rings is 1. The lowest BCUT2D eigenvalue weighted by molar-refractivity contribution is 0.725. The number of nitrogen functional groups attached to an aromatic ring is 2. The van der Waals surface area contributed by atoms with E-state index in [1.165, 1.54) is 32.0 Å². The van der Waals surface area contributed by atoms with Gasteiger partial charge in [0.25, 0.3) is 0 Å². The van der Waals surface area contributed by atoms with Gasteiger partial charge < -0.3 is 11.5 Å². The van der Waals surface area contributed by atoms with Crippen molar-refractivity contribution < 1.29 is 0 Å². The average Bonchev–Trinajstić information content (AvgIpc) is 2.96. The molecule has 0 spiro atoms. The quantitative estimate of drug-likeness (QED) is 0.859. The molecule has 0 radical (unpaired) electrons. The maximum absolute atomic E-state index is 6.09. The van der Waals surface area contributed by atoms with Gasteiger partial charge in [0.2, 0.25) is 0 Å². The minimum atomic E-state index is 0.406. The van der Waals surface area contributed by atoms with Crippen LogP contribution < -0.4 is 11.5 Å². The van der Waals surface area contributed by atoms with E-state index in [9.17, 15) is 0 Å². The molecule has 1 aliphatic rings. The standard InChI is InChI=1S/C14H17N5/c15-13-11(9-3-1-2-4-9)5-12(19-14(13)16)10-6-17-8-18-7-10/h5-9H,1-4,15H2,(H2,16,19). The van der Waals surface area contributed by atoms with Gasteiger partial charge in [-0.05, 0) is 30.4 Å². The number of rotatable bonds is 2. The number of anilines is 2. The molecule has 0 atom stereocenters. The van der Waals surface area contributed by atoms with Crippen molar-refractivity contribution in [2.75, 3.05) is 11.5 Å². The zero-order chi connectivity index (χ0) is 13.2. The molecule has 98 valence electrons. The van der Waals surface area contributed by atoms with Crippen LogP contribution in [0.4, 0.5) is 11.5 Å². The molecule has 0 unspecified atom stereocenters. The van der Waals surface area contributed by atoms with Crippen LogP contribution in [0.2, 0.25) is 0 Å².